The van der Waals surface area contributed by atoms with Crippen molar-refractivity contribution in [1.29, 1.82) is 0 Å². The lowest BCUT2D eigenvalue weighted by Crippen LogP contribution is -2.21. The Kier molecular flexibility index (Phi) is 4.04. The molecule has 1 atom stereocenters. The van der Waals surface area contributed by atoms with Gasteiger partial charge in [-0.3, -0.25) is 0 Å². The summed E-state index contributed by atoms with van der Waals surface area (Å²) in [5, 5.41) is 5.25. The van der Waals surface area contributed by atoms with Gasteiger partial charge in [-0.05, 0) is 43.5 Å². The minimum atomic E-state index is -3.61. The Bertz CT molecular complexity index is 513. The molecule has 1 heterocycles. The molecular formula is C13H20N2O2S. The van der Waals surface area contributed by atoms with Crippen molar-refractivity contribution in [3.63, 3.8) is 0 Å². The van der Waals surface area contributed by atoms with E-state index < -0.39 is 10.0 Å². The van der Waals surface area contributed by atoms with E-state index in [2.05, 4.69) is 11.8 Å². The summed E-state index contributed by atoms with van der Waals surface area (Å²) in [4.78, 5) is 2.67. The summed E-state index contributed by atoms with van der Waals surface area (Å²) in [7, 11) is -3.61. The minimum absolute atomic E-state index is 0.278. The van der Waals surface area contributed by atoms with Crippen LogP contribution >= 0.6 is 0 Å². The third kappa shape index (κ3) is 3.10. The van der Waals surface area contributed by atoms with Crippen molar-refractivity contribution >= 4 is 10.0 Å². The number of likely N-dealkylation sites (tertiary alicyclic amines) is 1. The molecule has 4 nitrogen and oxygen atoms in total. The van der Waals surface area contributed by atoms with Crippen molar-refractivity contribution in [3.8, 4) is 0 Å². The zero-order valence-electron chi connectivity index (χ0n) is 10.7. The summed E-state index contributed by atoms with van der Waals surface area (Å²) in [6.07, 6.45) is 1.93. The van der Waals surface area contributed by atoms with Gasteiger partial charge in [-0.1, -0.05) is 25.1 Å². The minimum Gasteiger partial charge on any atom is -0.303 e. The molecule has 0 radical (unpaired) electrons. The van der Waals surface area contributed by atoms with Crippen LogP contribution in [0.2, 0.25) is 0 Å². The molecule has 1 aliphatic heterocycles. The number of rotatable bonds is 4. The monoisotopic (exact) mass is 268 g/mol. The molecule has 0 aliphatic carbocycles. The van der Waals surface area contributed by atoms with E-state index in [0.29, 0.717) is 5.92 Å². The average Bonchev–Trinajstić information content (AvgIpc) is 2.76. The lowest BCUT2D eigenvalue weighted by atomic mass is 9.99. The SMILES string of the molecule is CCN1CC[C@@H](Cc2ccccc2S(N)(=O)=O)C1. The molecule has 1 aromatic carbocycles. The summed E-state index contributed by atoms with van der Waals surface area (Å²) in [6.45, 7) is 5.38. The molecule has 0 spiro atoms. The fourth-order valence-electron chi connectivity index (χ4n) is 2.63. The summed E-state index contributed by atoms with van der Waals surface area (Å²) in [5.41, 5.74) is 0.850. The van der Waals surface area contributed by atoms with E-state index in [9.17, 15) is 8.42 Å². The second-order valence-corrected chi connectivity index (χ2v) is 6.43. The Hall–Kier alpha value is -0.910. The van der Waals surface area contributed by atoms with Crippen LogP contribution in [0.5, 0.6) is 0 Å². The van der Waals surface area contributed by atoms with E-state index in [1.807, 2.05) is 12.1 Å². The van der Waals surface area contributed by atoms with Crippen LogP contribution in [0.25, 0.3) is 0 Å². The smallest absolute Gasteiger partial charge is 0.238 e. The maximum absolute atomic E-state index is 11.5. The highest BCUT2D eigenvalue weighted by Crippen LogP contribution is 2.23. The quantitative estimate of drug-likeness (QED) is 0.893. The molecule has 2 N–H and O–H groups in total. The van der Waals surface area contributed by atoms with E-state index in [-0.39, 0.29) is 4.90 Å². The second-order valence-electron chi connectivity index (χ2n) is 4.90. The van der Waals surface area contributed by atoms with Crippen LogP contribution in [0.4, 0.5) is 0 Å². The molecule has 0 aromatic heterocycles. The number of primary sulfonamides is 1. The second kappa shape index (κ2) is 5.38. The van der Waals surface area contributed by atoms with Crippen molar-refractivity contribution in [1.82, 2.24) is 4.90 Å². The molecule has 0 unspecified atom stereocenters. The molecule has 1 saturated heterocycles. The molecule has 18 heavy (non-hydrogen) atoms. The van der Waals surface area contributed by atoms with E-state index in [1.54, 1.807) is 12.1 Å². The van der Waals surface area contributed by atoms with Crippen LogP contribution in [-0.2, 0) is 16.4 Å². The van der Waals surface area contributed by atoms with Crippen molar-refractivity contribution < 1.29 is 8.42 Å². The molecule has 1 aliphatic rings. The number of hydrogen-bond acceptors (Lipinski definition) is 3. The summed E-state index contributed by atoms with van der Waals surface area (Å²) < 4.78 is 23.0. The molecule has 100 valence electrons. The van der Waals surface area contributed by atoms with Gasteiger partial charge in [-0.15, -0.1) is 0 Å². The molecule has 0 bridgehead atoms. The molecular weight excluding hydrogens is 248 g/mol. The number of sulfonamides is 1. The van der Waals surface area contributed by atoms with Crippen molar-refractivity contribution in [2.75, 3.05) is 19.6 Å². The Balaban J connectivity index is 2.15. The van der Waals surface area contributed by atoms with Gasteiger partial charge in [-0.2, -0.15) is 0 Å². The van der Waals surface area contributed by atoms with Crippen LogP contribution in [0.1, 0.15) is 18.9 Å². The topological polar surface area (TPSA) is 63.4 Å². The largest absolute Gasteiger partial charge is 0.303 e. The molecule has 0 saturated carbocycles. The van der Waals surface area contributed by atoms with Crippen LogP contribution < -0.4 is 5.14 Å². The lowest BCUT2D eigenvalue weighted by molar-refractivity contribution is 0.341. The van der Waals surface area contributed by atoms with Crippen molar-refractivity contribution in [2.45, 2.75) is 24.7 Å². The highest BCUT2D eigenvalue weighted by molar-refractivity contribution is 7.89. The molecule has 5 heteroatoms. The third-order valence-electron chi connectivity index (χ3n) is 3.60. The number of benzene rings is 1. The van der Waals surface area contributed by atoms with Gasteiger partial charge in [0.25, 0.3) is 0 Å². The summed E-state index contributed by atoms with van der Waals surface area (Å²) >= 11 is 0. The molecule has 1 aromatic rings. The Morgan fingerprint density at radius 3 is 2.72 bits per heavy atom. The van der Waals surface area contributed by atoms with E-state index in [1.165, 1.54) is 0 Å². The Labute approximate surface area is 109 Å². The van der Waals surface area contributed by atoms with E-state index >= 15 is 0 Å². The van der Waals surface area contributed by atoms with Gasteiger partial charge in [-0.25, -0.2) is 13.6 Å². The predicted octanol–water partition coefficient (Wildman–Crippen LogP) is 1.22. The van der Waals surface area contributed by atoms with Gasteiger partial charge >= 0.3 is 0 Å². The van der Waals surface area contributed by atoms with Gasteiger partial charge in [0, 0.05) is 6.54 Å². The zero-order valence-corrected chi connectivity index (χ0v) is 11.5. The van der Waals surface area contributed by atoms with Crippen LogP contribution in [0, 0.1) is 5.92 Å². The van der Waals surface area contributed by atoms with Crippen LogP contribution in [-0.4, -0.2) is 33.0 Å². The highest BCUT2D eigenvalue weighted by atomic mass is 32.2. The average molecular weight is 268 g/mol. The summed E-state index contributed by atoms with van der Waals surface area (Å²) in [5.74, 6) is 0.535. The van der Waals surface area contributed by atoms with Crippen molar-refractivity contribution in [2.24, 2.45) is 11.1 Å². The maximum Gasteiger partial charge on any atom is 0.238 e. The highest BCUT2D eigenvalue weighted by Gasteiger charge is 2.23. The Morgan fingerprint density at radius 2 is 2.11 bits per heavy atom. The summed E-state index contributed by atoms with van der Waals surface area (Å²) in [6, 6.07) is 7.05. The predicted molar refractivity (Wildman–Crippen MR) is 71.7 cm³/mol. The zero-order chi connectivity index (χ0) is 13.2. The van der Waals surface area contributed by atoms with E-state index in [4.69, 9.17) is 5.14 Å². The van der Waals surface area contributed by atoms with Crippen LogP contribution in [0.15, 0.2) is 29.2 Å². The molecule has 2 rings (SSSR count). The fourth-order valence-corrected chi connectivity index (χ4v) is 3.41. The number of hydrogen-bond donors (Lipinski definition) is 1. The lowest BCUT2D eigenvalue weighted by Gasteiger charge is -2.14. The van der Waals surface area contributed by atoms with E-state index in [0.717, 1.165) is 38.0 Å². The number of nitrogens with two attached hydrogens (primary N) is 1. The van der Waals surface area contributed by atoms with Crippen molar-refractivity contribution in [3.05, 3.63) is 29.8 Å². The molecule has 1 fully saturated rings. The first-order chi connectivity index (χ1) is 8.50. The maximum atomic E-state index is 11.5. The first kappa shape index (κ1) is 13.5. The fraction of sp³-hybridized carbons (Fsp3) is 0.538. The standard InChI is InChI=1S/C13H20N2O2S/c1-2-15-8-7-11(10-15)9-12-5-3-4-6-13(12)18(14,16)17/h3-6,11H,2,7-10H2,1H3,(H2,14,16,17)/t11-/m0/s1. The van der Waals surface area contributed by atoms with Gasteiger partial charge in [0.1, 0.15) is 0 Å². The van der Waals surface area contributed by atoms with Crippen LogP contribution in [0.3, 0.4) is 0 Å². The van der Waals surface area contributed by atoms with Gasteiger partial charge < -0.3 is 4.90 Å². The number of nitrogens with zero attached hydrogens (tertiary/aromatic N) is 1. The first-order valence-corrected chi connectivity index (χ1v) is 7.88. The first-order valence-electron chi connectivity index (χ1n) is 6.33. The van der Waals surface area contributed by atoms with Gasteiger partial charge in [0.2, 0.25) is 10.0 Å². The third-order valence-corrected chi connectivity index (χ3v) is 4.62. The molecule has 0 amide bonds. The van der Waals surface area contributed by atoms with Gasteiger partial charge in [0.15, 0.2) is 0 Å². The normalized spacial score (nSPS) is 21.3. The Morgan fingerprint density at radius 1 is 1.39 bits per heavy atom. The van der Waals surface area contributed by atoms with Gasteiger partial charge in [0.05, 0.1) is 4.90 Å².